The van der Waals surface area contributed by atoms with Crippen molar-refractivity contribution in [2.24, 2.45) is 0 Å². The van der Waals surface area contributed by atoms with Crippen LogP contribution in [0.2, 0.25) is 0 Å². The first-order chi connectivity index (χ1) is 12.8. The van der Waals surface area contributed by atoms with Crippen molar-refractivity contribution in [2.75, 3.05) is 29.9 Å². The fraction of sp³-hybridized carbons (Fsp3) is 0.222. The van der Waals surface area contributed by atoms with Gasteiger partial charge in [0.2, 0.25) is 0 Å². The second kappa shape index (κ2) is 9.61. The number of anilines is 3. The summed E-state index contributed by atoms with van der Waals surface area (Å²) in [5.41, 5.74) is 15.2. The Balaban J connectivity index is 1.92. The molecule has 0 aliphatic carbocycles. The monoisotopic (exact) mass is 498 g/mol. The molecule has 2 aromatic carbocycles. The van der Waals surface area contributed by atoms with E-state index in [9.17, 15) is 9.59 Å². The third-order valence-electron chi connectivity index (χ3n) is 3.81. The highest BCUT2D eigenvalue weighted by molar-refractivity contribution is 9.11. The molecule has 0 bridgehead atoms. The summed E-state index contributed by atoms with van der Waals surface area (Å²) in [6.45, 7) is 0.720. The molecule has 0 aromatic heterocycles. The number of amides is 1. The Morgan fingerprint density at radius 1 is 1.04 bits per heavy atom. The summed E-state index contributed by atoms with van der Waals surface area (Å²) >= 11 is 6.85. The minimum absolute atomic E-state index is 0.0702. The largest absolute Gasteiger partial charge is 0.481 e. The Morgan fingerprint density at radius 2 is 1.70 bits per heavy atom. The Bertz CT molecular complexity index is 835. The van der Waals surface area contributed by atoms with Crippen LogP contribution in [0, 0.1) is 0 Å². The zero-order valence-corrected chi connectivity index (χ0v) is 17.6. The molecular formula is C18H20Br2N4O3. The number of rotatable bonds is 8. The Hall–Kier alpha value is -2.26. The van der Waals surface area contributed by atoms with Crippen LogP contribution < -0.4 is 22.1 Å². The molecule has 7 N–H and O–H groups in total. The average molecular weight is 500 g/mol. The number of nitrogens with two attached hydrogens (primary N) is 2. The summed E-state index contributed by atoms with van der Waals surface area (Å²) in [5.74, 6) is -1.32. The second-order valence-electron chi connectivity index (χ2n) is 5.85. The van der Waals surface area contributed by atoms with Gasteiger partial charge in [0.15, 0.2) is 0 Å². The maximum absolute atomic E-state index is 12.0. The summed E-state index contributed by atoms with van der Waals surface area (Å²) in [5, 5.41) is 14.4. The van der Waals surface area contributed by atoms with Crippen molar-refractivity contribution in [3.05, 3.63) is 50.4 Å². The number of hydrogen-bond acceptors (Lipinski definition) is 5. The van der Waals surface area contributed by atoms with Crippen molar-refractivity contribution >= 4 is 60.8 Å². The smallest absolute Gasteiger partial charge is 0.305 e. The molecular weight excluding hydrogens is 480 g/mol. The fourth-order valence-electron chi connectivity index (χ4n) is 2.37. The minimum atomic E-state index is -0.963. The summed E-state index contributed by atoms with van der Waals surface area (Å²) < 4.78 is 1.68. The van der Waals surface area contributed by atoms with Crippen LogP contribution >= 0.6 is 31.9 Å². The topological polar surface area (TPSA) is 130 Å². The number of carboxylic acids is 1. The number of carbonyl (C=O) groups excluding carboxylic acids is 1. The normalized spacial score (nSPS) is 10.4. The number of aliphatic carboxylic acids is 1. The lowest BCUT2D eigenvalue weighted by Gasteiger charge is -2.12. The maximum Gasteiger partial charge on any atom is 0.305 e. The molecule has 7 nitrogen and oxygen atoms in total. The first kappa shape index (κ1) is 21.0. The SMILES string of the molecule is Nc1cc(C(=O)NCCC(=O)O)ccc1NCCc1cc(Br)c(N)c(Br)c1. The Labute approximate surface area is 173 Å². The summed E-state index contributed by atoms with van der Waals surface area (Å²) in [6, 6.07) is 8.88. The van der Waals surface area contributed by atoms with Gasteiger partial charge in [-0.05, 0) is 74.2 Å². The molecule has 0 heterocycles. The van der Waals surface area contributed by atoms with E-state index in [0.717, 1.165) is 26.6 Å². The van der Waals surface area contributed by atoms with Gasteiger partial charge in [-0.15, -0.1) is 0 Å². The fourth-order valence-corrected chi connectivity index (χ4v) is 3.65. The molecule has 2 aromatic rings. The van der Waals surface area contributed by atoms with Crippen molar-refractivity contribution in [1.29, 1.82) is 0 Å². The van der Waals surface area contributed by atoms with Crippen LogP contribution in [0.15, 0.2) is 39.3 Å². The summed E-state index contributed by atoms with van der Waals surface area (Å²) in [7, 11) is 0. The lowest BCUT2D eigenvalue weighted by Crippen LogP contribution is -2.26. The zero-order chi connectivity index (χ0) is 20.0. The van der Waals surface area contributed by atoms with E-state index < -0.39 is 5.97 Å². The van der Waals surface area contributed by atoms with Crippen molar-refractivity contribution in [3.63, 3.8) is 0 Å². The second-order valence-corrected chi connectivity index (χ2v) is 7.56. The van der Waals surface area contributed by atoms with Crippen LogP contribution in [0.4, 0.5) is 17.1 Å². The number of carboxylic acid groups (broad SMARTS) is 1. The van der Waals surface area contributed by atoms with E-state index in [1.807, 2.05) is 12.1 Å². The van der Waals surface area contributed by atoms with Gasteiger partial charge in [0.25, 0.3) is 5.91 Å². The van der Waals surface area contributed by atoms with Gasteiger partial charge in [-0.1, -0.05) is 0 Å². The zero-order valence-electron chi connectivity index (χ0n) is 14.4. The molecule has 2 rings (SSSR count). The molecule has 9 heteroatoms. The lowest BCUT2D eigenvalue weighted by molar-refractivity contribution is -0.136. The van der Waals surface area contributed by atoms with Crippen LogP contribution in [-0.2, 0) is 11.2 Å². The van der Waals surface area contributed by atoms with Crippen LogP contribution in [0.1, 0.15) is 22.3 Å². The van der Waals surface area contributed by atoms with Crippen LogP contribution in [-0.4, -0.2) is 30.1 Å². The molecule has 0 aliphatic rings. The number of nitrogens with one attached hydrogen (secondary N) is 2. The van der Waals surface area contributed by atoms with Crippen LogP contribution in [0.25, 0.3) is 0 Å². The van der Waals surface area contributed by atoms with Crippen molar-refractivity contribution in [1.82, 2.24) is 5.32 Å². The first-order valence-electron chi connectivity index (χ1n) is 8.14. The van der Waals surface area contributed by atoms with Crippen LogP contribution in [0.5, 0.6) is 0 Å². The van der Waals surface area contributed by atoms with Gasteiger partial charge in [-0.3, -0.25) is 9.59 Å². The Kier molecular flexibility index (Phi) is 7.49. The van der Waals surface area contributed by atoms with E-state index in [0.29, 0.717) is 23.5 Å². The molecule has 0 unspecified atom stereocenters. The maximum atomic E-state index is 12.0. The quantitative estimate of drug-likeness (QED) is 0.354. The number of carbonyl (C=O) groups is 2. The molecule has 0 saturated carbocycles. The van der Waals surface area contributed by atoms with Gasteiger partial charge < -0.3 is 27.2 Å². The molecule has 0 radical (unpaired) electrons. The van der Waals surface area contributed by atoms with Crippen LogP contribution in [0.3, 0.4) is 0 Å². The molecule has 1 amide bonds. The van der Waals surface area contributed by atoms with E-state index in [2.05, 4.69) is 42.5 Å². The lowest BCUT2D eigenvalue weighted by atomic mass is 10.1. The summed E-state index contributed by atoms with van der Waals surface area (Å²) in [6.07, 6.45) is 0.632. The predicted octanol–water partition coefficient (Wildman–Crippen LogP) is 3.24. The molecule has 0 fully saturated rings. The molecule has 0 aliphatic heterocycles. The standard InChI is InChI=1S/C18H20Br2N4O3/c19-12-7-10(8-13(20)17(12)22)3-5-23-15-2-1-11(9-14(15)21)18(27)24-6-4-16(25)26/h1-2,7-9,23H,3-6,21-22H2,(H,24,27)(H,25,26). The van der Waals surface area contributed by atoms with Crippen molar-refractivity contribution < 1.29 is 14.7 Å². The molecule has 27 heavy (non-hydrogen) atoms. The third kappa shape index (κ3) is 6.14. The highest BCUT2D eigenvalue weighted by Gasteiger charge is 2.09. The molecule has 0 saturated heterocycles. The van der Waals surface area contributed by atoms with E-state index in [1.54, 1.807) is 18.2 Å². The first-order valence-corrected chi connectivity index (χ1v) is 9.73. The van der Waals surface area contributed by atoms with Gasteiger partial charge in [0, 0.05) is 27.6 Å². The molecule has 0 spiro atoms. The Morgan fingerprint density at radius 3 is 2.30 bits per heavy atom. The van der Waals surface area contributed by atoms with E-state index in [1.165, 1.54) is 0 Å². The number of benzene rings is 2. The van der Waals surface area contributed by atoms with Gasteiger partial charge in [0.05, 0.1) is 23.5 Å². The van der Waals surface area contributed by atoms with Gasteiger partial charge in [-0.25, -0.2) is 0 Å². The highest BCUT2D eigenvalue weighted by atomic mass is 79.9. The molecule has 144 valence electrons. The van der Waals surface area contributed by atoms with E-state index >= 15 is 0 Å². The van der Waals surface area contributed by atoms with E-state index in [4.69, 9.17) is 16.6 Å². The molecule has 0 atom stereocenters. The summed E-state index contributed by atoms with van der Waals surface area (Å²) in [4.78, 5) is 22.5. The minimum Gasteiger partial charge on any atom is -0.481 e. The van der Waals surface area contributed by atoms with E-state index in [-0.39, 0.29) is 18.9 Å². The van der Waals surface area contributed by atoms with Gasteiger partial charge in [0.1, 0.15) is 0 Å². The third-order valence-corrected chi connectivity index (χ3v) is 5.12. The number of hydrogen-bond donors (Lipinski definition) is 5. The highest BCUT2D eigenvalue weighted by Crippen LogP contribution is 2.29. The predicted molar refractivity (Wildman–Crippen MR) is 114 cm³/mol. The van der Waals surface area contributed by atoms with Crippen molar-refractivity contribution in [3.8, 4) is 0 Å². The number of nitrogen functional groups attached to an aromatic ring is 2. The average Bonchev–Trinajstić information content (AvgIpc) is 2.60. The number of halogens is 2. The van der Waals surface area contributed by atoms with Crippen molar-refractivity contribution in [2.45, 2.75) is 12.8 Å². The van der Waals surface area contributed by atoms with Gasteiger partial charge >= 0.3 is 5.97 Å². The van der Waals surface area contributed by atoms with Gasteiger partial charge in [-0.2, -0.15) is 0 Å².